The van der Waals surface area contributed by atoms with Gasteiger partial charge >= 0.3 is 16.9 Å². The standard InChI is InChI=1S/C4H5N5O4/c5-8-2-1(9(12)13)3(10)7-4(11)6-2/h5H2,(H3,6,7,8,10,11). The molecule has 0 unspecified atom stereocenters. The Morgan fingerprint density at radius 3 is 2.46 bits per heavy atom. The van der Waals surface area contributed by atoms with E-state index in [0.717, 1.165) is 0 Å². The highest BCUT2D eigenvalue weighted by Crippen LogP contribution is 2.10. The van der Waals surface area contributed by atoms with Gasteiger partial charge in [0.15, 0.2) is 0 Å². The average molecular weight is 187 g/mol. The smallest absolute Gasteiger partial charge is 0.304 e. The molecule has 0 amide bonds. The molecule has 0 saturated heterocycles. The van der Waals surface area contributed by atoms with Crippen LogP contribution in [0.15, 0.2) is 9.59 Å². The number of H-pyrrole nitrogens is 2. The van der Waals surface area contributed by atoms with Crippen LogP contribution >= 0.6 is 0 Å². The number of hydrazine groups is 1. The Bertz CT molecular complexity index is 445. The van der Waals surface area contributed by atoms with Crippen LogP contribution in [0.1, 0.15) is 0 Å². The summed E-state index contributed by atoms with van der Waals surface area (Å²) >= 11 is 0. The van der Waals surface area contributed by atoms with E-state index < -0.39 is 27.7 Å². The zero-order valence-corrected chi connectivity index (χ0v) is 6.16. The summed E-state index contributed by atoms with van der Waals surface area (Å²) in [7, 11) is 0. The van der Waals surface area contributed by atoms with E-state index in [1.807, 2.05) is 10.4 Å². The molecule has 0 aliphatic carbocycles. The van der Waals surface area contributed by atoms with Crippen molar-refractivity contribution < 1.29 is 4.92 Å². The molecule has 9 heteroatoms. The molecule has 13 heavy (non-hydrogen) atoms. The van der Waals surface area contributed by atoms with E-state index in [0.29, 0.717) is 0 Å². The van der Waals surface area contributed by atoms with Crippen LogP contribution < -0.4 is 22.5 Å². The fraction of sp³-hybridized carbons (Fsp3) is 0. The second kappa shape index (κ2) is 3.06. The maximum atomic E-state index is 10.8. The number of nitrogen functional groups attached to an aromatic ring is 1. The SMILES string of the molecule is NNc1[nH]c(=O)[nH]c(=O)c1[N+](=O)[O-]. The number of rotatable bonds is 2. The molecule has 0 radical (unpaired) electrons. The van der Waals surface area contributed by atoms with E-state index in [1.54, 1.807) is 4.98 Å². The first-order chi connectivity index (χ1) is 6.06. The van der Waals surface area contributed by atoms with Crippen LogP contribution in [0.2, 0.25) is 0 Å². The Kier molecular flexibility index (Phi) is 2.11. The summed E-state index contributed by atoms with van der Waals surface area (Å²) in [5, 5.41) is 10.3. The van der Waals surface area contributed by atoms with E-state index in [4.69, 9.17) is 5.84 Å². The minimum Gasteiger partial charge on any atom is -0.304 e. The van der Waals surface area contributed by atoms with Gasteiger partial charge in [-0.15, -0.1) is 0 Å². The van der Waals surface area contributed by atoms with Crippen molar-refractivity contribution in [3.05, 3.63) is 31.0 Å². The molecular weight excluding hydrogens is 182 g/mol. The van der Waals surface area contributed by atoms with E-state index in [1.165, 1.54) is 0 Å². The fourth-order valence-corrected chi connectivity index (χ4v) is 0.758. The third-order valence-corrected chi connectivity index (χ3v) is 1.24. The number of anilines is 1. The minimum absolute atomic E-state index is 0.432. The highest BCUT2D eigenvalue weighted by Gasteiger charge is 2.19. The number of aromatic nitrogens is 2. The van der Waals surface area contributed by atoms with Gasteiger partial charge in [0, 0.05) is 0 Å². The second-order valence-electron chi connectivity index (χ2n) is 2.03. The largest absolute Gasteiger partial charge is 0.375 e. The predicted octanol–water partition coefficient (Wildman–Crippen LogP) is -1.74. The van der Waals surface area contributed by atoms with Gasteiger partial charge in [-0.1, -0.05) is 0 Å². The monoisotopic (exact) mass is 187 g/mol. The fourth-order valence-electron chi connectivity index (χ4n) is 0.758. The quantitative estimate of drug-likeness (QED) is 0.245. The Labute approximate surface area is 69.7 Å². The van der Waals surface area contributed by atoms with Crippen molar-refractivity contribution in [1.29, 1.82) is 0 Å². The molecule has 0 atom stereocenters. The van der Waals surface area contributed by atoms with E-state index in [-0.39, 0.29) is 0 Å². The van der Waals surface area contributed by atoms with Crippen molar-refractivity contribution in [2.45, 2.75) is 0 Å². The van der Waals surface area contributed by atoms with Crippen molar-refractivity contribution in [3.8, 4) is 0 Å². The second-order valence-corrected chi connectivity index (χ2v) is 2.03. The Balaban J connectivity index is 3.57. The summed E-state index contributed by atoms with van der Waals surface area (Å²) in [5.41, 5.74) is -0.971. The number of hydrogen-bond acceptors (Lipinski definition) is 6. The zero-order chi connectivity index (χ0) is 10.0. The van der Waals surface area contributed by atoms with Crippen molar-refractivity contribution in [3.63, 3.8) is 0 Å². The van der Waals surface area contributed by atoms with Gasteiger partial charge in [0.2, 0.25) is 5.82 Å². The molecule has 5 N–H and O–H groups in total. The molecule has 1 aromatic heterocycles. The summed E-state index contributed by atoms with van der Waals surface area (Å²) in [6, 6.07) is 0. The highest BCUT2D eigenvalue weighted by atomic mass is 16.6. The number of hydrogen-bond donors (Lipinski definition) is 4. The van der Waals surface area contributed by atoms with Gasteiger partial charge < -0.3 is 5.43 Å². The molecule has 0 saturated carbocycles. The summed E-state index contributed by atoms with van der Waals surface area (Å²) in [4.78, 5) is 34.4. The van der Waals surface area contributed by atoms with Gasteiger partial charge in [0.05, 0.1) is 4.92 Å². The molecule has 0 aromatic carbocycles. The first-order valence-electron chi connectivity index (χ1n) is 3.04. The lowest BCUT2D eigenvalue weighted by Crippen LogP contribution is -2.27. The molecule has 0 fully saturated rings. The van der Waals surface area contributed by atoms with Crippen molar-refractivity contribution in [2.24, 2.45) is 5.84 Å². The molecule has 0 aliphatic heterocycles. The normalized spacial score (nSPS) is 9.62. The van der Waals surface area contributed by atoms with Gasteiger partial charge in [-0.05, 0) is 0 Å². The topological polar surface area (TPSA) is 147 Å². The summed E-state index contributed by atoms with van der Waals surface area (Å²) < 4.78 is 0. The number of nitro groups is 1. The van der Waals surface area contributed by atoms with E-state index in [2.05, 4.69) is 0 Å². The maximum Gasteiger partial charge on any atom is 0.375 e. The molecule has 1 aromatic rings. The van der Waals surface area contributed by atoms with Crippen LogP contribution in [0.3, 0.4) is 0 Å². The average Bonchev–Trinajstić information content (AvgIpc) is 2.01. The first kappa shape index (κ1) is 8.93. The lowest BCUT2D eigenvalue weighted by atomic mass is 10.5. The van der Waals surface area contributed by atoms with Crippen molar-refractivity contribution >= 4 is 11.5 Å². The zero-order valence-electron chi connectivity index (χ0n) is 6.16. The van der Waals surface area contributed by atoms with Crippen LogP contribution in [0.5, 0.6) is 0 Å². The number of nitrogens with two attached hydrogens (primary N) is 1. The van der Waals surface area contributed by atoms with Gasteiger partial charge in [-0.3, -0.25) is 24.9 Å². The molecule has 0 spiro atoms. The third-order valence-electron chi connectivity index (χ3n) is 1.24. The van der Waals surface area contributed by atoms with Crippen LogP contribution in [-0.2, 0) is 0 Å². The minimum atomic E-state index is -1.11. The third kappa shape index (κ3) is 1.54. The molecule has 1 heterocycles. The van der Waals surface area contributed by atoms with Crippen LogP contribution in [-0.4, -0.2) is 14.9 Å². The summed E-state index contributed by atoms with van der Waals surface area (Å²) in [6.45, 7) is 0. The number of nitrogens with one attached hydrogen (secondary N) is 3. The molecule has 0 bridgehead atoms. The lowest BCUT2D eigenvalue weighted by Gasteiger charge is -1.98. The predicted molar refractivity (Wildman–Crippen MR) is 42.1 cm³/mol. The van der Waals surface area contributed by atoms with Gasteiger partial charge in [0.1, 0.15) is 0 Å². The summed E-state index contributed by atoms with van der Waals surface area (Å²) in [5.74, 6) is 4.42. The van der Waals surface area contributed by atoms with E-state index >= 15 is 0 Å². The van der Waals surface area contributed by atoms with Gasteiger partial charge in [-0.25, -0.2) is 10.6 Å². The maximum absolute atomic E-state index is 10.8. The highest BCUT2D eigenvalue weighted by molar-refractivity contribution is 5.52. The number of aromatic amines is 2. The van der Waals surface area contributed by atoms with Gasteiger partial charge in [-0.2, -0.15) is 0 Å². The van der Waals surface area contributed by atoms with Gasteiger partial charge in [0.25, 0.3) is 0 Å². The Hall–Kier alpha value is -2.16. The van der Waals surface area contributed by atoms with Crippen LogP contribution in [0.4, 0.5) is 11.5 Å². The van der Waals surface area contributed by atoms with Crippen LogP contribution in [0.25, 0.3) is 0 Å². The molecule has 9 nitrogen and oxygen atoms in total. The first-order valence-corrected chi connectivity index (χ1v) is 3.04. The molecule has 0 aliphatic rings. The number of nitrogens with zero attached hydrogens (tertiary/aromatic N) is 1. The molecule has 70 valence electrons. The lowest BCUT2D eigenvalue weighted by molar-refractivity contribution is -0.385. The Morgan fingerprint density at radius 1 is 1.38 bits per heavy atom. The van der Waals surface area contributed by atoms with Crippen molar-refractivity contribution in [1.82, 2.24) is 9.97 Å². The van der Waals surface area contributed by atoms with Crippen molar-refractivity contribution in [2.75, 3.05) is 5.43 Å². The molecule has 1 rings (SSSR count). The van der Waals surface area contributed by atoms with E-state index in [9.17, 15) is 19.7 Å². The summed E-state index contributed by atoms with van der Waals surface area (Å²) in [6.07, 6.45) is 0. The molecular formula is C4H5N5O4. The Morgan fingerprint density at radius 2 is 2.00 bits per heavy atom. The van der Waals surface area contributed by atoms with Crippen LogP contribution in [0, 0.1) is 10.1 Å².